The average molecular weight is 289 g/mol. The van der Waals surface area contributed by atoms with Crippen LogP contribution in [0.1, 0.15) is 52.4 Å². The molecule has 2 atom stereocenters. The number of para-hydroxylation sites is 2. The lowest BCUT2D eigenvalue weighted by Gasteiger charge is -2.39. The van der Waals surface area contributed by atoms with Gasteiger partial charge in [-0.2, -0.15) is 0 Å². The normalized spacial score (nSPS) is 23.1. The molecular weight excluding hydrogens is 258 g/mol. The first-order valence-electron chi connectivity index (χ1n) is 8.52. The van der Waals surface area contributed by atoms with Crippen molar-refractivity contribution in [1.29, 1.82) is 0 Å². The number of nitrogen functional groups attached to an aromatic ring is 1. The molecule has 0 bridgehead atoms. The van der Waals surface area contributed by atoms with Crippen molar-refractivity contribution in [2.24, 2.45) is 0 Å². The lowest BCUT2D eigenvalue weighted by atomic mass is 9.97. The second kappa shape index (κ2) is 8.28. The van der Waals surface area contributed by atoms with Crippen LogP contribution >= 0.6 is 0 Å². The fourth-order valence-corrected chi connectivity index (χ4v) is 3.39. The fourth-order valence-electron chi connectivity index (χ4n) is 3.39. The van der Waals surface area contributed by atoms with Crippen LogP contribution in [0, 0.1) is 0 Å². The Bertz CT molecular complexity index is 409. The maximum absolute atomic E-state index is 5.92. The second-order valence-corrected chi connectivity index (χ2v) is 6.44. The predicted molar refractivity (Wildman–Crippen MR) is 92.7 cm³/mol. The fraction of sp³-hybridized carbons (Fsp3) is 0.667. The molecule has 3 nitrogen and oxygen atoms in total. The van der Waals surface area contributed by atoms with E-state index in [1.165, 1.54) is 45.1 Å². The highest BCUT2D eigenvalue weighted by Gasteiger charge is 2.23. The van der Waals surface area contributed by atoms with E-state index in [0.29, 0.717) is 0 Å². The first-order valence-corrected chi connectivity index (χ1v) is 8.52. The van der Waals surface area contributed by atoms with Gasteiger partial charge in [0.05, 0.1) is 11.4 Å². The third kappa shape index (κ3) is 4.92. The second-order valence-electron chi connectivity index (χ2n) is 6.44. The summed E-state index contributed by atoms with van der Waals surface area (Å²) in [6.07, 6.45) is 7.96. The smallest absolute Gasteiger partial charge is 0.0573 e. The lowest BCUT2D eigenvalue weighted by molar-refractivity contribution is 0.101. The standard InChI is InChI=1S/C18H31N3/c1-15-9-8-10-16(2)21(15)14-7-3-6-13-20-18-12-5-4-11-17(18)19/h4-5,11-12,15-16,20H,3,6-10,13-14,19H2,1-2H3/t15-,16+. The molecule has 1 aliphatic heterocycles. The molecule has 1 aromatic rings. The zero-order chi connectivity index (χ0) is 15.1. The Balaban J connectivity index is 1.59. The summed E-state index contributed by atoms with van der Waals surface area (Å²) in [7, 11) is 0. The summed E-state index contributed by atoms with van der Waals surface area (Å²) in [4.78, 5) is 2.70. The maximum atomic E-state index is 5.92. The molecule has 3 heteroatoms. The Labute approximate surface area is 129 Å². The van der Waals surface area contributed by atoms with Crippen LogP contribution in [-0.4, -0.2) is 30.1 Å². The number of anilines is 2. The number of unbranched alkanes of at least 4 members (excludes halogenated alkanes) is 2. The SMILES string of the molecule is C[C@@H]1CCC[C@H](C)N1CCCCCNc1ccccc1N. The van der Waals surface area contributed by atoms with Crippen LogP contribution in [0.15, 0.2) is 24.3 Å². The van der Waals surface area contributed by atoms with Gasteiger partial charge in [-0.25, -0.2) is 0 Å². The minimum atomic E-state index is 0.774. The number of nitrogens with one attached hydrogen (secondary N) is 1. The van der Waals surface area contributed by atoms with Crippen molar-refractivity contribution in [2.45, 2.75) is 64.5 Å². The van der Waals surface area contributed by atoms with Gasteiger partial charge in [-0.3, -0.25) is 4.90 Å². The van der Waals surface area contributed by atoms with Crippen LogP contribution in [0.2, 0.25) is 0 Å². The van der Waals surface area contributed by atoms with Crippen LogP contribution in [0.5, 0.6) is 0 Å². The van der Waals surface area contributed by atoms with E-state index in [1.807, 2.05) is 24.3 Å². The largest absolute Gasteiger partial charge is 0.397 e. The van der Waals surface area contributed by atoms with Crippen LogP contribution in [0.3, 0.4) is 0 Å². The molecule has 21 heavy (non-hydrogen) atoms. The molecule has 0 saturated carbocycles. The van der Waals surface area contributed by atoms with Gasteiger partial charge in [-0.15, -0.1) is 0 Å². The Morgan fingerprint density at radius 1 is 1.10 bits per heavy atom. The highest BCUT2D eigenvalue weighted by Crippen LogP contribution is 2.23. The molecule has 3 N–H and O–H groups in total. The summed E-state index contributed by atoms with van der Waals surface area (Å²) in [5, 5.41) is 3.43. The van der Waals surface area contributed by atoms with Gasteiger partial charge < -0.3 is 11.1 Å². The molecule has 0 amide bonds. The van der Waals surface area contributed by atoms with E-state index in [2.05, 4.69) is 24.1 Å². The van der Waals surface area contributed by atoms with Gasteiger partial charge in [0.2, 0.25) is 0 Å². The molecule has 1 saturated heterocycles. The van der Waals surface area contributed by atoms with E-state index in [1.54, 1.807) is 0 Å². The lowest BCUT2D eigenvalue weighted by Crippen LogP contribution is -2.44. The highest BCUT2D eigenvalue weighted by atomic mass is 15.2. The molecule has 0 aliphatic carbocycles. The molecule has 1 fully saturated rings. The summed E-state index contributed by atoms with van der Waals surface area (Å²) in [5.41, 5.74) is 7.83. The first kappa shape index (κ1) is 16.2. The maximum Gasteiger partial charge on any atom is 0.0573 e. The zero-order valence-corrected chi connectivity index (χ0v) is 13.6. The molecule has 2 rings (SSSR count). The van der Waals surface area contributed by atoms with Crippen molar-refractivity contribution < 1.29 is 0 Å². The van der Waals surface area contributed by atoms with Crippen molar-refractivity contribution >= 4 is 11.4 Å². The van der Waals surface area contributed by atoms with E-state index in [4.69, 9.17) is 5.73 Å². The van der Waals surface area contributed by atoms with E-state index >= 15 is 0 Å². The molecule has 1 aliphatic rings. The number of nitrogens with zero attached hydrogens (tertiary/aromatic N) is 1. The molecule has 0 radical (unpaired) electrons. The number of rotatable bonds is 7. The highest BCUT2D eigenvalue weighted by molar-refractivity contribution is 5.65. The topological polar surface area (TPSA) is 41.3 Å². The number of hydrogen-bond donors (Lipinski definition) is 2. The number of nitrogens with two attached hydrogens (primary N) is 1. The quantitative estimate of drug-likeness (QED) is 0.586. The van der Waals surface area contributed by atoms with Crippen LogP contribution in [0.4, 0.5) is 11.4 Å². The average Bonchev–Trinajstić information content (AvgIpc) is 2.47. The summed E-state index contributed by atoms with van der Waals surface area (Å²) >= 11 is 0. The Morgan fingerprint density at radius 2 is 1.81 bits per heavy atom. The molecule has 118 valence electrons. The molecule has 0 aromatic heterocycles. The molecule has 1 aromatic carbocycles. The summed E-state index contributed by atoms with van der Waals surface area (Å²) in [6, 6.07) is 9.54. The van der Waals surface area contributed by atoms with Crippen molar-refractivity contribution in [1.82, 2.24) is 4.90 Å². The Morgan fingerprint density at radius 3 is 2.52 bits per heavy atom. The van der Waals surface area contributed by atoms with Crippen molar-refractivity contribution in [3.8, 4) is 0 Å². The monoisotopic (exact) mass is 289 g/mol. The van der Waals surface area contributed by atoms with Crippen molar-refractivity contribution in [3.63, 3.8) is 0 Å². The Kier molecular flexibility index (Phi) is 6.37. The third-order valence-electron chi connectivity index (χ3n) is 4.75. The minimum absolute atomic E-state index is 0.774. The number of benzene rings is 1. The predicted octanol–water partition coefficient (Wildman–Crippen LogP) is 4.11. The van der Waals surface area contributed by atoms with E-state index < -0.39 is 0 Å². The molecule has 1 heterocycles. The molecule has 0 spiro atoms. The van der Waals surface area contributed by atoms with Gasteiger partial charge in [0, 0.05) is 18.6 Å². The van der Waals surface area contributed by atoms with E-state index in [0.717, 1.165) is 30.0 Å². The molecule has 0 unspecified atom stereocenters. The number of hydrogen-bond acceptors (Lipinski definition) is 3. The van der Waals surface area contributed by atoms with Crippen LogP contribution < -0.4 is 11.1 Å². The van der Waals surface area contributed by atoms with Crippen molar-refractivity contribution in [2.75, 3.05) is 24.1 Å². The minimum Gasteiger partial charge on any atom is -0.397 e. The summed E-state index contributed by atoms with van der Waals surface area (Å²) in [5.74, 6) is 0. The van der Waals surface area contributed by atoms with Gasteiger partial charge in [0.25, 0.3) is 0 Å². The summed E-state index contributed by atoms with van der Waals surface area (Å²) in [6.45, 7) is 7.04. The van der Waals surface area contributed by atoms with E-state index in [9.17, 15) is 0 Å². The third-order valence-corrected chi connectivity index (χ3v) is 4.75. The van der Waals surface area contributed by atoms with Gasteiger partial charge in [0.1, 0.15) is 0 Å². The number of piperidine rings is 1. The van der Waals surface area contributed by atoms with Gasteiger partial charge in [0.15, 0.2) is 0 Å². The van der Waals surface area contributed by atoms with Gasteiger partial charge >= 0.3 is 0 Å². The van der Waals surface area contributed by atoms with Gasteiger partial charge in [-0.1, -0.05) is 25.0 Å². The first-order chi connectivity index (χ1) is 10.2. The molecular formula is C18H31N3. The zero-order valence-electron chi connectivity index (χ0n) is 13.6. The number of likely N-dealkylation sites (tertiary alicyclic amines) is 1. The van der Waals surface area contributed by atoms with Gasteiger partial charge in [-0.05, 0) is 58.2 Å². The van der Waals surface area contributed by atoms with E-state index in [-0.39, 0.29) is 0 Å². The Hall–Kier alpha value is -1.22. The van der Waals surface area contributed by atoms with Crippen LogP contribution in [0.25, 0.3) is 0 Å². The van der Waals surface area contributed by atoms with Crippen LogP contribution in [-0.2, 0) is 0 Å². The summed E-state index contributed by atoms with van der Waals surface area (Å²) < 4.78 is 0. The van der Waals surface area contributed by atoms with Crippen molar-refractivity contribution in [3.05, 3.63) is 24.3 Å².